The van der Waals surface area contributed by atoms with Crippen LogP contribution >= 0.6 is 0 Å². The van der Waals surface area contributed by atoms with E-state index in [9.17, 15) is 9.59 Å². The molecule has 2 aromatic heterocycles. The number of nitrogens with one attached hydrogen (secondary N) is 2. The van der Waals surface area contributed by atoms with Gasteiger partial charge in [0.1, 0.15) is 6.33 Å². The number of hydrogen-bond acceptors (Lipinski definition) is 4. The number of rotatable bonds is 5. The highest BCUT2D eigenvalue weighted by atomic mass is 16.1. The average molecular weight is 377 g/mol. The minimum atomic E-state index is -0.254. The summed E-state index contributed by atoms with van der Waals surface area (Å²) in [6.07, 6.45) is 6.46. The van der Waals surface area contributed by atoms with E-state index < -0.39 is 0 Å². The number of benzene rings is 1. The molecule has 7 nitrogen and oxygen atoms in total. The van der Waals surface area contributed by atoms with Gasteiger partial charge in [0.2, 0.25) is 5.56 Å². The van der Waals surface area contributed by atoms with E-state index in [1.54, 1.807) is 30.6 Å². The largest absolute Gasteiger partial charge is 0.342 e. The Labute approximate surface area is 162 Å². The zero-order valence-electron chi connectivity index (χ0n) is 15.8. The number of carbonyl (C=O) groups excluding carboxylic acids is 1. The van der Waals surface area contributed by atoms with E-state index in [0.29, 0.717) is 17.3 Å². The van der Waals surface area contributed by atoms with Crippen LogP contribution in [0.2, 0.25) is 0 Å². The van der Waals surface area contributed by atoms with Crippen molar-refractivity contribution < 1.29 is 4.79 Å². The number of H-pyrrole nitrogens is 1. The third-order valence-electron chi connectivity index (χ3n) is 5.26. The molecule has 1 fully saturated rings. The molecule has 0 spiro atoms. The molecule has 3 aromatic rings. The van der Waals surface area contributed by atoms with Crippen LogP contribution in [0.3, 0.4) is 0 Å². The molecule has 1 aliphatic rings. The second-order valence-corrected chi connectivity index (χ2v) is 7.24. The summed E-state index contributed by atoms with van der Waals surface area (Å²) in [6.45, 7) is 1.92. The number of pyridine rings is 1. The molecule has 1 amide bonds. The minimum absolute atomic E-state index is 0.174. The summed E-state index contributed by atoms with van der Waals surface area (Å²) < 4.78 is 2.10. The maximum Gasteiger partial charge on any atom is 0.251 e. The van der Waals surface area contributed by atoms with Gasteiger partial charge in [-0.2, -0.15) is 0 Å². The minimum Gasteiger partial charge on any atom is -0.342 e. The van der Waals surface area contributed by atoms with E-state index >= 15 is 0 Å². The molecule has 1 saturated carbocycles. The molecular formula is C21H23N5O2. The summed E-state index contributed by atoms with van der Waals surface area (Å²) in [5, 5.41) is 11.3. The summed E-state index contributed by atoms with van der Waals surface area (Å²) in [6, 6.07) is 12.3. The third kappa shape index (κ3) is 3.74. The molecule has 144 valence electrons. The Morgan fingerprint density at radius 2 is 2.00 bits per heavy atom. The van der Waals surface area contributed by atoms with Crippen LogP contribution in [0.1, 0.15) is 60.9 Å². The van der Waals surface area contributed by atoms with Crippen molar-refractivity contribution in [3.05, 3.63) is 70.5 Å². The zero-order chi connectivity index (χ0) is 19.5. The lowest BCUT2D eigenvalue weighted by atomic mass is 10.1. The highest BCUT2D eigenvalue weighted by molar-refractivity contribution is 5.95. The predicted molar refractivity (Wildman–Crippen MR) is 106 cm³/mol. The molecule has 7 heteroatoms. The first kappa shape index (κ1) is 18.2. The maximum atomic E-state index is 12.8. The number of hydrogen-bond donors (Lipinski definition) is 2. The molecule has 28 heavy (non-hydrogen) atoms. The van der Waals surface area contributed by atoms with Gasteiger partial charge in [-0.15, -0.1) is 10.2 Å². The van der Waals surface area contributed by atoms with Gasteiger partial charge in [-0.25, -0.2) is 0 Å². The van der Waals surface area contributed by atoms with Crippen molar-refractivity contribution >= 4 is 5.91 Å². The summed E-state index contributed by atoms with van der Waals surface area (Å²) in [5.41, 5.74) is 1.82. The van der Waals surface area contributed by atoms with Crippen molar-refractivity contribution in [2.75, 3.05) is 0 Å². The molecule has 0 bridgehead atoms. The first-order chi connectivity index (χ1) is 13.6. The van der Waals surface area contributed by atoms with E-state index in [-0.39, 0.29) is 17.5 Å². The lowest BCUT2D eigenvalue weighted by Crippen LogP contribution is -2.29. The second-order valence-electron chi connectivity index (χ2n) is 7.24. The van der Waals surface area contributed by atoms with Gasteiger partial charge < -0.3 is 14.9 Å². The van der Waals surface area contributed by atoms with Crippen LogP contribution in [0.25, 0.3) is 11.3 Å². The predicted octanol–water partition coefficient (Wildman–Crippen LogP) is 3.24. The van der Waals surface area contributed by atoms with Crippen molar-refractivity contribution in [3.8, 4) is 11.3 Å². The molecule has 1 aromatic carbocycles. The van der Waals surface area contributed by atoms with Gasteiger partial charge in [0, 0.05) is 23.4 Å². The molecule has 0 unspecified atom stereocenters. The Hall–Kier alpha value is -3.22. The highest BCUT2D eigenvalue weighted by Crippen LogP contribution is 2.31. The quantitative estimate of drug-likeness (QED) is 0.714. The lowest BCUT2D eigenvalue weighted by Gasteiger charge is -2.19. The lowest BCUT2D eigenvalue weighted by molar-refractivity contribution is 0.0937. The molecule has 0 aliphatic heterocycles. The van der Waals surface area contributed by atoms with Gasteiger partial charge in [-0.1, -0.05) is 31.0 Å². The van der Waals surface area contributed by atoms with Crippen molar-refractivity contribution in [3.63, 3.8) is 0 Å². The number of aromatic nitrogens is 4. The Balaban J connectivity index is 1.52. The van der Waals surface area contributed by atoms with E-state index in [1.807, 2.05) is 19.1 Å². The summed E-state index contributed by atoms with van der Waals surface area (Å²) in [4.78, 5) is 27.1. The van der Waals surface area contributed by atoms with Crippen LogP contribution < -0.4 is 10.9 Å². The monoisotopic (exact) mass is 377 g/mol. The molecule has 2 N–H and O–H groups in total. The first-order valence-corrected chi connectivity index (χ1v) is 9.62. The fourth-order valence-electron chi connectivity index (χ4n) is 3.81. The molecule has 0 radical (unpaired) electrons. The summed E-state index contributed by atoms with van der Waals surface area (Å²) >= 11 is 0. The topological polar surface area (TPSA) is 92.7 Å². The van der Waals surface area contributed by atoms with Gasteiger partial charge in [-0.3, -0.25) is 9.59 Å². The van der Waals surface area contributed by atoms with Gasteiger partial charge in [0.15, 0.2) is 5.82 Å². The van der Waals surface area contributed by atoms with Crippen LogP contribution in [0.15, 0.2) is 53.6 Å². The van der Waals surface area contributed by atoms with Gasteiger partial charge >= 0.3 is 0 Å². The van der Waals surface area contributed by atoms with Crippen molar-refractivity contribution in [1.82, 2.24) is 25.1 Å². The van der Waals surface area contributed by atoms with E-state index in [4.69, 9.17) is 0 Å². The second kappa shape index (κ2) is 7.80. The molecular weight excluding hydrogens is 354 g/mol. The average Bonchev–Trinajstić information content (AvgIpc) is 3.39. The van der Waals surface area contributed by atoms with E-state index in [1.165, 1.54) is 18.9 Å². The molecule has 4 rings (SSSR count). The Morgan fingerprint density at radius 1 is 1.21 bits per heavy atom. The standard InChI is InChI=1S/C21H23N5O2/c1-14(20-25-22-13-26(20)17-8-2-3-9-17)23-21(28)16-7-4-6-15(12-16)18-10-5-11-19(27)24-18/h4-7,10-14,17H,2-3,8-9H2,1H3,(H,23,28)(H,24,27)/t14-/m1/s1. The molecule has 1 aliphatic carbocycles. The zero-order valence-corrected chi connectivity index (χ0v) is 15.8. The summed E-state index contributed by atoms with van der Waals surface area (Å²) in [5.74, 6) is 0.595. The van der Waals surface area contributed by atoms with Gasteiger partial charge in [-0.05, 0) is 43.5 Å². The van der Waals surface area contributed by atoms with Crippen LogP contribution in [0.5, 0.6) is 0 Å². The molecule has 2 heterocycles. The first-order valence-electron chi connectivity index (χ1n) is 9.62. The number of amides is 1. The third-order valence-corrected chi connectivity index (χ3v) is 5.26. The fraction of sp³-hybridized carbons (Fsp3) is 0.333. The molecule has 0 saturated heterocycles. The van der Waals surface area contributed by atoms with Crippen LogP contribution in [-0.2, 0) is 0 Å². The Kier molecular flexibility index (Phi) is 5.06. The van der Waals surface area contributed by atoms with Crippen LogP contribution in [0.4, 0.5) is 0 Å². The van der Waals surface area contributed by atoms with Crippen molar-refractivity contribution in [2.24, 2.45) is 0 Å². The van der Waals surface area contributed by atoms with Crippen LogP contribution in [-0.4, -0.2) is 25.7 Å². The highest BCUT2D eigenvalue weighted by Gasteiger charge is 2.23. The number of nitrogens with zero attached hydrogens (tertiary/aromatic N) is 3. The smallest absolute Gasteiger partial charge is 0.251 e. The maximum absolute atomic E-state index is 12.8. The van der Waals surface area contributed by atoms with E-state index in [0.717, 1.165) is 24.2 Å². The Morgan fingerprint density at radius 3 is 2.79 bits per heavy atom. The number of carbonyl (C=O) groups is 1. The molecule has 1 atom stereocenters. The summed E-state index contributed by atoms with van der Waals surface area (Å²) in [7, 11) is 0. The Bertz CT molecular complexity index is 1030. The van der Waals surface area contributed by atoms with Crippen molar-refractivity contribution in [1.29, 1.82) is 0 Å². The number of aromatic amines is 1. The SMILES string of the molecule is C[C@@H](NC(=O)c1cccc(-c2cccc(=O)[nH]2)c1)c1nncn1C1CCCC1. The van der Waals surface area contributed by atoms with Gasteiger partial charge in [0.25, 0.3) is 5.91 Å². The van der Waals surface area contributed by atoms with Gasteiger partial charge in [0.05, 0.1) is 6.04 Å². The normalized spacial score (nSPS) is 15.5. The van der Waals surface area contributed by atoms with Crippen molar-refractivity contribution in [2.45, 2.75) is 44.7 Å². The van der Waals surface area contributed by atoms with Crippen LogP contribution in [0, 0.1) is 0 Å². The van der Waals surface area contributed by atoms with E-state index in [2.05, 4.69) is 25.1 Å². The fourth-order valence-corrected chi connectivity index (χ4v) is 3.81.